The maximum absolute atomic E-state index is 13.3. The summed E-state index contributed by atoms with van der Waals surface area (Å²) in [6.45, 7) is 6.86. The van der Waals surface area contributed by atoms with Crippen LogP contribution in [0.4, 0.5) is 0 Å². The van der Waals surface area contributed by atoms with Gasteiger partial charge in [0.1, 0.15) is 17.6 Å². The lowest BCUT2D eigenvalue weighted by Gasteiger charge is -2.29. The number of carboxylic acids is 3. The van der Waals surface area contributed by atoms with E-state index in [2.05, 4.69) is 26.1 Å². The van der Waals surface area contributed by atoms with Gasteiger partial charge >= 0.3 is 17.9 Å². The number of hydrogen-bond donors (Lipinski definition) is 5. The van der Waals surface area contributed by atoms with Gasteiger partial charge in [-0.05, 0) is 55.7 Å². The lowest BCUT2D eigenvalue weighted by atomic mass is 9.82. The van der Waals surface area contributed by atoms with Gasteiger partial charge in [0.15, 0.2) is 5.60 Å². The molecule has 11 heteroatoms. The Morgan fingerprint density at radius 2 is 1.44 bits per heavy atom. The number of carboxylic acid groups (broad SMARTS) is 3. The molecule has 0 aliphatic heterocycles. The number of aliphatic carboxylic acids is 3. The van der Waals surface area contributed by atoms with E-state index in [1.807, 2.05) is 0 Å². The summed E-state index contributed by atoms with van der Waals surface area (Å²) in [4.78, 5) is 61.0. The Bertz CT molecular complexity index is 1160. The molecule has 0 unspecified atom stereocenters. The van der Waals surface area contributed by atoms with Gasteiger partial charge in [-0.3, -0.25) is 14.4 Å². The topological polar surface area (TPSA) is 188 Å². The van der Waals surface area contributed by atoms with Crippen molar-refractivity contribution in [1.82, 2.24) is 5.32 Å². The smallest absolute Gasteiger partial charge is 0.337 e. The molecule has 11 nitrogen and oxygen atoms in total. The number of amides is 1. The van der Waals surface area contributed by atoms with Crippen molar-refractivity contribution in [3.63, 3.8) is 0 Å². The Labute approximate surface area is 285 Å². The van der Waals surface area contributed by atoms with Crippen LogP contribution in [-0.2, 0) is 30.4 Å². The van der Waals surface area contributed by atoms with Gasteiger partial charge in [-0.25, -0.2) is 9.59 Å². The Morgan fingerprint density at radius 1 is 0.854 bits per heavy atom. The van der Waals surface area contributed by atoms with E-state index in [1.165, 1.54) is 31.8 Å². The SMILES string of the molecule is CCCCCCCCC(=O)CCCCCC/C=C/[C@H](C(=O)N[C@@H](Cc1ccc(OCCC(C)C)cc1)C(=O)O)[C@@](O)(CC(=O)O)C(=O)O. The van der Waals surface area contributed by atoms with E-state index in [1.54, 1.807) is 24.3 Å². The predicted molar refractivity (Wildman–Crippen MR) is 183 cm³/mol. The zero-order chi connectivity index (χ0) is 36.0. The summed E-state index contributed by atoms with van der Waals surface area (Å²) in [5.41, 5.74) is -2.45. The molecule has 5 N–H and O–H groups in total. The molecule has 1 rings (SSSR count). The van der Waals surface area contributed by atoms with Crippen LogP contribution in [0, 0.1) is 11.8 Å². The molecular weight excluding hydrogens is 618 g/mol. The van der Waals surface area contributed by atoms with Crippen molar-refractivity contribution in [3.05, 3.63) is 42.0 Å². The number of allylic oxidation sites excluding steroid dienone is 1. The van der Waals surface area contributed by atoms with Gasteiger partial charge in [-0.1, -0.05) is 90.0 Å². The minimum Gasteiger partial charge on any atom is -0.494 e. The zero-order valence-electron chi connectivity index (χ0n) is 29.0. The maximum atomic E-state index is 13.3. The number of nitrogens with one attached hydrogen (secondary N) is 1. The Hall–Kier alpha value is -3.73. The average Bonchev–Trinajstić information content (AvgIpc) is 3.01. The van der Waals surface area contributed by atoms with Gasteiger partial charge in [-0.2, -0.15) is 0 Å². The molecule has 0 saturated heterocycles. The maximum Gasteiger partial charge on any atom is 0.337 e. The highest BCUT2D eigenvalue weighted by Gasteiger charge is 2.49. The van der Waals surface area contributed by atoms with E-state index in [0.29, 0.717) is 49.5 Å². The number of aliphatic hydroxyl groups is 1. The molecule has 0 heterocycles. The summed E-state index contributed by atoms with van der Waals surface area (Å²) in [7, 11) is 0. The second-order valence-electron chi connectivity index (χ2n) is 13.0. The van der Waals surface area contributed by atoms with Crippen LogP contribution >= 0.6 is 0 Å². The first kappa shape index (κ1) is 42.3. The number of carbonyl (C=O) groups excluding carboxylic acids is 2. The van der Waals surface area contributed by atoms with Gasteiger partial charge in [0.05, 0.1) is 18.9 Å². The number of ketones is 1. The molecule has 0 saturated carbocycles. The average molecular weight is 676 g/mol. The lowest BCUT2D eigenvalue weighted by molar-refractivity contribution is -0.172. The molecule has 0 bridgehead atoms. The molecule has 3 atom stereocenters. The van der Waals surface area contributed by atoms with Crippen molar-refractivity contribution < 1.29 is 49.1 Å². The van der Waals surface area contributed by atoms with Crippen molar-refractivity contribution >= 4 is 29.6 Å². The van der Waals surface area contributed by atoms with Crippen molar-refractivity contribution in [3.8, 4) is 5.75 Å². The highest BCUT2D eigenvalue weighted by Crippen LogP contribution is 2.26. The molecule has 0 spiro atoms. The number of unbranched alkanes of at least 4 members (excludes halogenated alkanes) is 9. The first-order chi connectivity index (χ1) is 22.8. The standard InChI is InChI=1S/C37H57NO10/c1-4-5-6-7-10-13-16-29(39)17-14-11-8-9-12-15-18-31(37(47,36(45)46)26-33(40)41)34(42)38-32(35(43)44)25-28-19-21-30(22-20-28)48-24-23-27(2)3/h15,18-22,27,31-32,47H,4-14,16-17,23-26H2,1-3H3,(H,38,42)(H,40,41)(H,43,44)(H,45,46)/b18-15+/t31-,32+,37+/m1/s1. The number of Topliss-reactive ketones (excluding diaryl/α,β-unsaturated/α-hetero) is 1. The van der Waals surface area contributed by atoms with Crippen LogP contribution in [-0.4, -0.2) is 68.3 Å². The highest BCUT2D eigenvalue weighted by atomic mass is 16.5. The largest absolute Gasteiger partial charge is 0.494 e. The van der Waals surface area contributed by atoms with Gasteiger partial charge in [0.25, 0.3) is 0 Å². The Morgan fingerprint density at radius 3 is 1.98 bits per heavy atom. The molecule has 1 aromatic rings. The van der Waals surface area contributed by atoms with Crippen LogP contribution in [0.3, 0.4) is 0 Å². The second kappa shape index (κ2) is 23.6. The molecule has 0 aliphatic rings. The van der Waals surface area contributed by atoms with Crippen LogP contribution in [0.25, 0.3) is 0 Å². The quantitative estimate of drug-likeness (QED) is 0.0495. The molecule has 1 aromatic carbocycles. The number of benzene rings is 1. The fourth-order valence-electron chi connectivity index (χ4n) is 5.24. The van der Waals surface area contributed by atoms with Crippen molar-refractivity contribution in [2.45, 2.75) is 135 Å². The fraction of sp³-hybridized carbons (Fsp3) is 0.649. The molecule has 1 amide bonds. The molecule has 0 radical (unpaired) electrons. The highest BCUT2D eigenvalue weighted by molar-refractivity contribution is 5.94. The zero-order valence-corrected chi connectivity index (χ0v) is 29.0. The molecular formula is C37H57NO10. The van der Waals surface area contributed by atoms with Crippen LogP contribution in [0.1, 0.15) is 123 Å². The van der Waals surface area contributed by atoms with Crippen LogP contribution in [0.15, 0.2) is 36.4 Å². The minimum atomic E-state index is -3.01. The van der Waals surface area contributed by atoms with E-state index in [4.69, 9.17) is 4.74 Å². The molecule has 0 aromatic heterocycles. The number of rotatable bonds is 28. The third kappa shape index (κ3) is 17.4. The van der Waals surface area contributed by atoms with E-state index < -0.39 is 47.8 Å². The normalized spacial score (nSPS) is 13.9. The van der Waals surface area contributed by atoms with E-state index in [-0.39, 0.29) is 12.2 Å². The molecule has 0 fully saturated rings. The summed E-state index contributed by atoms with van der Waals surface area (Å²) < 4.78 is 5.68. The number of carbonyl (C=O) groups is 5. The lowest BCUT2D eigenvalue weighted by Crippen LogP contribution is -2.55. The van der Waals surface area contributed by atoms with Crippen LogP contribution in [0.5, 0.6) is 5.75 Å². The van der Waals surface area contributed by atoms with Gasteiger partial charge in [0, 0.05) is 19.3 Å². The Balaban J connectivity index is 2.78. The van der Waals surface area contributed by atoms with Gasteiger partial charge < -0.3 is 30.5 Å². The van der Waals surface area contributed by atoms with Gasteiger partial charge in [0.2, 0.25) is 5.91 Å². The van der Waals surface area contributed by atoms with Gasteiger partial charge in [-0.15, -0.1) is 0 Å². The molecule has 48 heavy (non-hydrogen) atoms. The first-order valence-corrected chi connectivity index (χ1v) is 17.4. The van der Waals surface area contributed by atoms with E-state index in [0.717, 1.165) is 44.6 Å². The van der Waals surface area contributed by atoms with Crippen molar-refractivity contribution in [2.75, 3.05) is 6.61 Å². The summed E-state index contributed by atoms with van der Waals surface area (Å²) in [5.74, 6) is -6.57. The van der Waals surface area contributed by atoms with E-state index in [9.17, 15) is 44.4 Å². The molecule has 0 aliphatic carbocycles. The minimum absolute atomic E-state index is 0.143. The Kier molecular flexibility index (Phi) is 20.8. The summed E-state index contributed by atoms with van der Waals surface area (Å²) in [5, 5.41) is 42.1. The summed E-state index contributed by atoms with van der Waals surface area (Å²) in [6, 6.07) is 5.22. The number of ether oxygens (including phenoxy) is 1. The predicted octanol–water partition coefficient (Wildman–Crippen LogP) is 6.35. The monoisotopic (exact) mass is 675 g/mol. The summed E-state index contributed by atoms with van der Waals surface area (Å²) in [6.07, 6.45) is 13.5. The first-order valence-electron chi connectivity index (χ1n) is 17.4. The van der Waals surface area contributed by atoms with E-state index >= 15 is 0 Å². The fourth-order valence-corrected chi connectivity index (χ4v) is 5.24. The van der Waals surface area contributed by atoms with Crippen LogP contribution < -0.4 is 10.1 Å². The summed E-state index contributed by atoms with van der Waals surface area (Å²) >= 11 is 0. The van der Waals surface area contributed by atoms with Crippen LogP contribution in [0.2, 0.25) is 0 Å². The van der Waals surface area contributed by atoms with Crippen molar-refractivity contribution in [2.24, 2.45) is 11.8 Å². The third-order valence-corrected chi connectivity index (χ3v) is 8.24. The second-order valence-corrected chi connectivity index (χ2v) is 13.0. The third-order valence-electron chi connectivity index (χ3n) is 8.24. The molecule has 270 valence electrons. The van der Waals surface area contributed by atoms with Crippen molar-refractivity contribution in [1.29, 1.82) is 0 Å². The number of hydrogen-bond acceptors (Lipinski definition) is 7.